The molecule has 2 heterocycles. The SMILES string of the molecule is CNCC1=NC(=O)C2C=NN(C)C2=N1. The Hall–Kier alpha value is -1.56. The zero-order valence-electron chi connectivity index (χ0n) is 8.06. The number of nitrogens with zero attached hydrogens (tertiary/aromatic N) is 4. The molecule has 6 nitrogen and oxygen atoms in total. The molecule has 0 saturated carbocycles. The third-order valence-electron chi connectivity index (χ3n) is 2.08. The van der Waals surface area contributed by atoms with Crippen molar-refractivity contribution in [2.75, 3.05) is 20.6 Å². The number of nitrogens with one attached hydrogen (secondary N) is 1. The maximum Gasteiger partial charge on any atom is 0.263 e. The van der Waals surface area contributed by atoms with Crippen molar-refractivity contribution < 1.29 is 4.79 Å². The van der Waals surface area contributed by atoms with Gasteiger partial charge in [0, 0.05) is 13.3 Å². The van der Waals surface area contributed by atoms with Crippen LogP contribution in [0.25, 0.3) is 0 Å². The third-order valence-corrected chi connectivity index (χ3v) is 2.08. The summed E-state index contributed by atoms with van der Waals surface area (Å²) in [7, 11) is 3.55. The number of likely N-dealkylation sites (N-methyl/N-ethyl adjacent to an activating group) is 1. The van der Waals surface area contributed by atoms with Crippen LogP contribution in [0.4, 0.5) is 0 Å². The number of aliphatic imine (C=N–C) groups is 2. The summed E-state index contributed by atoms with van der Waals surface area (Å²) in [5.74, 6) is 0.616. The number of carbonyl (C=O) groups is 1. The molecule has 0 aromatic carbocycles. The average molecular weight is 193 g/mol. The van der Waals surface area contributed by atoms with Crippen LogP contribution in [0.15, 0.2) is 15.1 Å². The number of fused-ring (bicyclic) bond motifs is 1. The molecule has 74 valence electrons. The molecular weight excluding hydrogens is 182 g/mol. The summed E-state index contributed by atoms with van der Waals surface area (Å²) in [5, 5.41) is 8.50. The van der Waals surface area contributed by atoms with Crippen LogP contribution < -0.4 is 5.32 Å². The number of hydrazone groups is 1. The van der Waals surface area contributed by atoms with Gasteiger partial charge in [0.2, 0.25) is 0 Å². The van der Waals surface area contributed by atoms with Crippen molar-refractivity contribution in [2.24, 2.45) is 21.0 Å². The quantitative estimate of drug-likeness (QED) is 0.617. The molecule has 0 radical (unpaired) electrons. The number of rotatable bonds is 2. The molecule has 1 atom stereocenters. The Balaban J connectivity index is 2.28. The van der Waals surface area contributed by atoms with E-state index in [0.29, 0.717) is 18.2 Å². The van der Waals surface area contributed by atoms with E-state index in [-0.39, 0.29) is 11.8 Å². The van der Waals surface area contributed by atoms with Crippen LogP contribution in [0.1, 0.15) is 0 Å². The van der Waals surface area contributed by atoms with E-state index in [1.807, 2.05) is 0 Å². The van der Waals surface area contributed by atoms with Crippen LogP contribution in [0.3, 0.4) is 0 Å². The Labute approximate surface area is 81.4 Å². The highest BCUT2D eigenvalue weighted by Gasteiger charge is 2.33. The van der Waals surface area contributed by atoms with Gasteiger partial charge < -0.3 is 5.32 Å². The van der Waals surface area contributed by atoms with Gasteiger partial charge in [-0.05, 0) is 7.05 Å². The van der Waals surface area contributed by atoms with Gasteiger partial charge >= 0.3 is 0 Å². The fraction of sp³-hybridized carbons (Fsp3) is 0.500. The predicted octanol–water partition coefficient (Wildman–Crippen LogP) is -0.910. The minimum Gasteiger partial charge on any atom is -0.313 e. The second kappa shape index (κ2) is 3.30. The lowest BCUT2D eigenvalue weighted by molar-refractivity contribution is -0.118. The molecule has 0 saturated heterocycles. The van der Waals surface area contributed by atoms with Crippen LogP contribution in [0.2, 0.25) is 0 Å². The largest absolute Gasteiger partial charge is 0.313 e. The standard InChI is InChI=1S/C8H11N5O/c1-9-4-6-11-7-5(8(14)12-6)3-10-13(7)2/h3,5,9H,4H2,1-2H3. The van der Waals surface area contributed by atoms with E-state index in [0.717, 1.165) is 0 Å². The zero-order chi connectivity index (χ0) is 10.1. The first kappa shape index (κ1) is 9.01. The molecule has 6 heteroatoms. The Morgan fingerprint density at radius 3 is 3.07 bits per heavy atom. The van der Waals surface area contributed by atoms with Gasteiger partial charge in [0.15, 0.2) is 0 Å². The molecule has 0 fully saturated rings. The van der Waals surface area contributed by atoms with Gasteiger partial charge in [-0.2, -0.15) is 10.1 Å². The van der Waals surface area contributed by atoms with Crippen LogP contribution in [-0.2, 0) is 4.79 Å². The molecule has 0 aromatic rings. The summed E-state index contributed by atoms with van der Waals surface area (Å²) >= 11 is 0. The molecule has 0 aromatic heterocycles. The van der Waals surface area contributed by atoms with E-state index in [2.05, 4.69) is 20.4 Å². The summed E-state index contributed by atoms with van der Waals surface area (Å²) in [6.45, 7) is 0.496. The van der Waals surface area contributed by atoms with Crippen molar-refractivity contribution in [2.45, 2.75) is 0 Å². The second-order valence-corrected chi connectivity index (χ2v) is 3.13. The summed E-state index contributed by atoms with van der Waals surface area (Å²) in [5.41, 5.74) is 0. The van der Waals surface area contributed by atoms with Gasteiger partial charge in [-0.3, -0.25) is 9.80 Å². The molecule has 0 bridgehead atoms. The summed E-state index contributed by atoms with van der Waals surface area (Å²) < 4.78 is 0. The van der Waals surface area contributed by atoms with Crippen LogP contribution in [-0.4, -0.2) is 49.4 Å². The smallest absolute Gasteiger partial charge is 0.263 e. The van der Waals surface area contributed by atoms with Crippen molar-refractivity contribution in [3.63, 3.8) is 0 Å². The first-order valence-corrected chi connectivity index (χ1v) is 4.35. The predicted molar refractivity (Wildman–Crippen MR) is 53.5 cm³/mol. The normalized spacial score (nSPS) is 24.9. The summed E-state index contributed by atoms with van der Waals surface area (Å²) in [4.78, 5) is 19.6. The third kappa shape index (κ3) is 1.33. The number of amidine groups is 2. The zero-order valence-corrected chi connectivity index (χ0v) is 8.06. The minimum atomic E-state index is -0.374. The molecular formula is C8H11N5O. The number of hydrogen-bond donors (Lipinski definition) is 1. The monoisotopic (exact) mass is 193 g/mol. The topological polar surface area (TPSA) is 69.4 Å². The highest BCUT2D eigenvalue weighted by molar-refractivity contribution is 6.24. The lowest BCUT2D eigenvalue weighted by atomic mass is 10.1. The van der Waals surface area contributed by atoms with Gasteiger partial charge in [-0.25, -0.2) is 4.99 Å². The van der Waals surface area contributed by atoms with E-state index >= 15 is 0 Å². The Kier molecular flexibility index (Phi) is 2.12. The molecule has 1 unspecified atom stereocenters. The van der Waals surface area contributed by atoms with Gasteiger partial charge in [0.05, 0.1) is 6.54 Å². The molecule has 0 aliphatic carbocycles. The maximum atomic E-state index is 11.5. The highest BCUT2D eigenvalue weighted by atomic mass is 16.1. The lowest BCUT2D eigenvalue weighted by Crippen LogP contribution is -2.35. The Bertz CT molecular complexity index is 357. The van der Waals surface area contributed by atoms with Crippen molar-refractivity contribution in [3.05, 3.63) is 0 Å². The molecule has 2 aliphatic heterocycles. The van der Waals surface area contributed by atoms with E-state index in [1.54, 1.807) is 25.3 Å². The highest BCUT2D eigenvalue weighted by Crippen LogP contribution is 2.15. The maximum absolute atomic E-state index is 11.5. The van der Waals surface area contributed by atoms with Gasteiger partial charge in [0.25, 0.3) is 5.91 Å². The van der Waals surface area contributed by atoms with Gasteiger partial charge in [-0.1, -0.05) is 0 Å². The molecule has 0 spiro atoms. The first-order chi connectivity index (χ1) is 6.72. The summed E-state index contributed by atoms with van der Waals surface area (Å²) in [6, 6.07) is 0. The Morgan fingerprint density at radius 2 is 2.36 bits per heavy atom. The molecule has 1 N–H and O–H groups in total. The second-order valence-electron chi connectivity index (χ2n) is 3.13. The van der Waals surface area contributed by atoms with E-state index in [9.17, 15) is 4.79 Å². The van der Waals surface area contributed by atoms with Crippen molar-refractivity contribution in [1.82, 2.24) is 10.3 Å². The van der Waals surface area contributed by atoms with Crippen molar-refractivity contribution >= 4 is 23.8 Å². The van der Waals surface area contributed by atoms with E-state index < -0.39 is 0 Å². The lowest BCUT2D eigenvalue weighted by Gasteiger charge is -2.16. The van der Waals surface area contributed by atoms with Gasteiger partial charge in [0.1, 0.15) is 17.6 Å². The molecule has 2 aliphatic rings. The minimum absolute atomic E-state index is 0.187. The fourth-order valence-electron chi connectivity index (χ4n) is 1.40. The first-order valence-electron chi connectivity index (χ1n) is 4.35. The van der Waals surface area contributed by atoms with Crippen molar-refractivity contribution in [1.29, 1.82) is 0 Å². The molecule has 2 rings (SSSR count). The number of hydrogen-bond acceptors (Lipinski definition) is 5. The fourth-order valence-corrected chi connectivity index (χ4v) is 1.40. The van der Waals surface area contributed by atoms with Gasteiger partial charge in [-0.15, -0.1) is 0 Å². The average Bonchev–Trinajstić information content (AvgIpc) is 2.49. The van der Waals surface area contributed by atoms with Crippen LogP contribution >= 0.6 is 0 Å². The van der Waals surface area contributed by atoms with Crippen LogP contribution in [0.5, 0.6) is 0 Å². The van der Waals surface area contributed by atoms with E-state index in [4.69, 9.17) is 0 Å². The van der Waals surface area contributed by atoms with E-state index in [1.165, 1.54) is 0 Å². The van der Waals surface area contributed by atoms with Crippen LogP contribution in [0, 0.1) is 5.92 Å². The molecule has 1 amide bonds. The number of carbonyl (C=O) groups excluding carboxylic acids is 1. The Morgan fingerprint density at radius 1 is 1.57 bits per heavy atom. The van der Waals surface area contributed by atoms with Crippen molar-refractivity contribution in [3.8, 4) is 0 Å². The number of amides is 1. The molecule has 14 heavy (non-hydrogen) atoms. The summed E-state index contributed by atoms with van der Waals surface area (Å²) in [6.07, 6.45) is 1.57.